The van der Waals surface area contributed by atoms with Crippen molar-refractivity contribution in [3.05, 3.63) is 94.1 Å². The Labute approximate surface area is 194 Å². The van der Waals surface area contributed by atoms with E-state index in [1.807, 2.05) is 48.5 Å². The molecule has 8 heteroatoms. The molecule has 32 heavy (non-hydrogen) atoms. The van der Waals surface area contributed by atoms with Crippen molar-refractivity contribution in [1.82, 2.24) is 10.2 Å². The minimum atomic E-state index is -0.648. The van der Waals surface area contributed by atoms with Crippen LogP contribution in [0.1, 0.15) is 5.56 Å². The second kappa shape index (κ2) is 9.26. The molecule has 1 heterocycles. The van der Waals surface area contributed by atoms with Crippen molar-refractivity contribution in [2.24, 2.45) is 0 Å². The third-order valence-electron chi connectivity index (χ3n) is 4.79. The lowest BCUT2D eigenvalue weighted by molar-refractivity contribution is -0.127. The SMILES string of the molecule is O=C(CN1C(=O)N/C(=C\c2ccc(-c3ccc(Cl)cc3)cc2)C1=O)Nc1ccc(Cl)cc1. The first-order valence-corrected chi connectivity index (χ1v) is 10.4. The maximum Gasteiger partial charge on any atom is 0.329 e. The topological polar surface area (TPSA) is 78.5 Å². The molecule has 0 aliphatic carbocycles. The van der Waals surface area contributed by atoms with Gasteiger partial charge in [0.15, 0.2) is 0 Å². The van der Waals surface area contributed by atoms with E-state index < -0.39 is 24.4 Å². The minimum Gasteiger partial charge on any atom is -0.325 e. The average Bonchev–Trinajstić information content (AvgIpc) is 3.04. The molecule has 0 saturated carbocycles. The highest BCUT2D eigenvalue weighted by atomic mass is 35.5. The monoisotopic (exact) mass is 465 g/mol. The molecule has 1 aliphatic heterocycles. The summed E-state index contributed by atoms with van der Waals surface area (Å²) in [7, 11) is 0. The Bertz CT molecular complexity index is 1200. The number of imide groups is 1. The highest BCUT2D eigenvalue weighted by Gasteiger charge is 2.34. The number of carbonyl (C=O) groups excluding carboxylic acids is 3. The predicted molar refractivity (Wildman–Crippen MR) is 125 cm³/mol. The highest BCUT2D eigenvalue weighted by molar-refractivity contribution is 6.31. The average molecular weight is 466 g/mol. The maximum absolute atomic E-state index is 12.6. The van der Waals surface area contributed by atoms with Gasteiger partial charge in [-0.05, 0) is 59.2 Å². The summed E-state index contributed by atoms with van der Waals surface area (Å²) >= 11 is 11.7. The van der Waals surface area contributed by atoms with Crippen molar-refractivity contribution < 1.29 is 14.4 Å². The van der Waals surface area contributed by atoms with E-state index in [0.717, 1.165) is 21.6 Å². The van der Waals surface area contributed by atoms with Crippen molar-refractivity contribution in [3.63, 3.8) is 0 Å². The van der Waals surface area contributed by atoms with Gasteiger partial charge in [0, 0.05) is 15.7 Å². The molecule has 160 valence electrons. The van der Waals surface area contributed by atoms with Crippen LogP contribution in [0, 0.1) is 0 Å². The summed E-state index contributed by atoms with van der Waals surface area (Å²) in [6, 6.07) is 20.8. The van der Waals surface area contributed by atoms with Gasteiger partial charge in [-0.3, -0.25) is 9.59 Å². The van der Waals surface area contributed by atoms with Gasteiger partial charge in [-0.1, -0.05) is 59.6 Å². The number of nitrogens with zero attached hydrogens (tertiary/aromatic N) is 1. The highest BCUT2D eigenvalue weighted by Crippen LogP contribution is 2.23. The first-order chi connectivity index (χ1) is 15.4. The minimum absolute atomic E-state index is 0.105. The van der Waals surface area contributed by atoms with E-state index in [-0.39, 0.29) is 5.70 Å². The van der Waals surface area contributed by atoms with Crippen molar-refractivity contribution in [1.29, 1.82) is 0 Å². The number of halogens is 2. The van der Waals surface area contributed by atoms with Crippen molar-refractivity contribution in [2.45, 2.75) is 0 Å². The molecule has 1 aliphatic rings. The Hall–Kier alpha value is -3.61. The van der Waals surface area contributed by atoms with Crippen LogP contribution >= 0.6 is 23.2 Å². The normalized spacial score (nSPS) is 14.6. The van der Waals surface area contributed by atoms with E-state index in [9.17, 15) is 14.4 Å². The smallest absolute Gasteiger partial charge is 0.325 e. The molecule has 1 fully saturated rings. The molecule has 0 radical (unpaired) electrons. The maximum atomic E-state index is 12.6. The number of urea groups is 1. The fourth-order valence-electron chi connectivity index (χ4n) is 3.17. The van der Waals surface area contributed by atoms with Gasteiger partial charge >= 0.3 is 6.03 Å². The summed E-state index contributed by atoms with van der Waals surface area (Å²) in [6.45, 7) is -0.403. The number of rotatable bonds is 5. The number of anilines is 1. The number of benzene rings is 3. The molecular formula is C24H17Cl2N3O3. The van der Waals surface area contributed by atoms with Crippen LogP contribution in [0.5, 0.6) is 0 Å². The molecule has 6 nitrogen and oxygen atoms in total. The Morgan fingerprint density at radius 1 is 0.844 bits per heavy atom. The Balaban J connectivity index is 1.43. The number of hydrogen-bond acceptors (Lipinski definition) is 3. The number of carbonyl (C=O) groups is 3. The van der Waals surface area contributed by atoms with Crippen LogP contribution in [0.3, 0.4) is 0 Å². The Morgan fingerprint density at radius 3 is 1.97 bits per heavy atom. The lowest BCUT2D eigenvalue weighted by atomic mass is 10.0. The summed E-state index contributed by atoms with van der Waals surface area (Å²) in [5, 5.41) is 6.34. The quantitative estimate of drug-likeness (QED) is 0.401. The molecule has 0 atom stereocenters. The van der Waals surface area contributed by atoms with Crippen LogP contribution in [0.2, 0.25) is 10.0 Å². The Kier molecular flexibility index (Phi) is 6.25. The van der Waals surface area contributed by atoms with E-state index in [1.165, 1.54) is 0 Å². The van der Waals surface area contributed by atoms with Gasteiger partial charge in [-0.15, -0.1) is 0 Å². The Morgan fingerprint density at radius 2 is 1.38 bits per heavy atom. The zero-order valence-electron chi connectivity index (χ0n) is 16.6. The van der Waals surface area contributed by atoms with Crippen molar-refractivity contribution in [3.8, 4) is 11.1 Å². The number of nitrogens with one attached hydrogen (secondary N) is 2. The summed E-state index contributed by atoms with van der Waals surface area (Å²) in [4.78, 5) is 38.0. The summed E-state index contributed by atoms with van der Waals surface area (Å²) < 4.78 is 0. The summed E-state index contributed by atoms with van der Waals surface area (Å²) in [5.74, 6) is -1.06. The van der Waals surface area contributed by atoms with E-state index in [1.54, 1.807) is 30.3 Å². The van der Waals surface area contributed by atoms with Crippen LogP contribution in [-0.4, -0.2) is 29.3 Å². The summed E-state index contributed by atoms with van der Waals surface area (Å²) in [6.07, 6.45) is 1.57. The molecule has 1 saturated heterocycles. The van der Waals surface area contributed by atoms with E-state index in [4.69, 9.17) is 23.2 Å². The lowest BCUT2D eigenvalue weighted by Crippen LogP contribution is -2.38. The lowest BCUT2D eigenvalue weighted by Gasteiger charge is -2.12. The van der Waals surface area contributed by atoms with E-state index in [0.29, 0.717) is 15.7 Å². The van der Waals surface area contributed by atoms with Crippen LogP contribution in [0.15, 0.2) is 78.5 Å². The molecule has 0 spiro atoms. The molecule has 4 rings (SSSR count). The second-order valence-electron chi connectivity index (χ2n) is 7.06. The van der Waals surface area contributed by atoms with Gasteiger partial charge in [0.05, 0.1) is 0 Å². The third kappa shape index (κ3) is 4.99. The zero-order chi connectivity index (χ0) is 22.7. The van der Waals surface area contributed by atoms with Gasteiger partial charge in [0.2, 0.25) is 5.91 Å². The van der Waals surface area contributed by atoms with Gasteiger partial charge < -0.3 is 10.6 Å². The zero-order valence-corrected chi connectivity index (χ0v) is 18.2. The fraction of sp³-hybridized carbons (Fsp3) is 0.0417. The van der Waals surface area contributed by atoms with E-state index in [2.05, 4.69) is 10.6 Å². The largest absolute Gasteiger partial charge is 0.329 e. The standard InChI is InChI=1S/C24H17Cl2N3O3/c25-18-7-5-17(6-8-18)16-3-1-15(2-4-16)13-21-23(31)29(24(32)28-21)14-22(30)27-20-11-9-19(26)10-12-20/h1-13H,14H2,(H,27,30)(H,28,32)/b21-13-. The molecule has 0 bridgehead atoms. The van der Waals surface area contributed by atoms with Crippen LogP contribution in [-0.2, 0) is 9.59 Å². The molecule has 3 aromatic rings. The van der Waals surface area contributed by atoms with Gasteiger partial charge in [0.1, 0.15) is 12.2 Å². The predicted octanol–water partition coefficient (Wildman–Crippen LogP) is 5.19. The van der Waals surface area contributed by atoms with Gasteiger partial charge in [0.25, 0.3) is 5.91 Å². The van der Waals surface area contributed by atoms with Gasteiger partial charge in [-0.2, -0.15) is 0 Å². The molecule has 3 aromatic carbocycles. The third-order valence-corrected chi connectivity index (χ3v) is 5.30. The molecule has 0 unspecified atom stereocenters. The molecular weight excluding hydrogens is 449 g/mol. The van der Waals surface area contributed by atoms with Crippen molar-refractivity contribution in [2.75, 3.05) is 11.9 Å². The van der Waals surface area contributed by atoms with Crippen LogP contribution in [0.4, 0.5) is 10.5 Å². The molecule has 2 N–H and O–H groups in total. The molecule has 4 amide bonds. The van der Waals surface area contributed by atoms with Crippen LogP contribution in [0.25, 0.3) is 17.2 Å². The second-order valence-corrected chi connectivity index (χ2v) is 7.94. The van der Waals surface area contributed by atoms with Gasteiger partial charge in [-0.25, -0.2) is 9.69 Å². The fourth-order valence-corrected chi connectivity index (χ4v) is 3.43. The first kappa shape index (κ1) is 21.6. The summed E-state index contributed by atoms with van der Waals surface area (Å²) in [5.41, 5.74) is 3.36. The number of hydrogen-bond donors (Lipinski definition) is 2. The first-order valence-electron chi connectivity index (χ1n) is 9.65. The van der Waals surface area contributed by atoms with Crippen LogP contribution < -0.4 is 10.6 Å². The van der Waals surface area contributed by atoms with E-state index >= 15 is 0 Å². The van der Waals surface area contributed by atoms with Crippen molar-refractivity contribution >= 4 is 52.8 Å². The molecule has 0 aromatic heterocycles. The number of amides is 4.